The third-order valence-corrected chi connectivity index (χ3v) is 8.79. The number of aliphatic hydroxyl groups is 1. The summed E-state index contributed by atoms with van der Waals surface area (Å²) in [5, 5.41) is 15.8. The van der Waals surface area contributed by atoms with Crippen LogP contribution in [0, 0.1) is 11.8 Å². The molecule has 6 atom stereocenters. The van der Waals surface area contributed by atoms with Gasteiger partial charge in [-0.1, -0.05) is 65.5 Å². The van der Waals surface area contributed by atoms with Crippen LogP contribution in [0.1, 0.15) is 44.1 Å². The number of carbonyl (C=O) groups excluding carboxylic acids is 3. The Hall–Kier alpha value is -1.97. The van der Waals surface area contributed by atoms with Crippen molar-refractivity contribution in [3.8, 4) is 0 Å². The Labute approximate surface area is 207 Å². The minimum atomic E-state index is -1.07. The van der Waals surface area contributed by atoms with Gasteiger partial charge in [0.1, 0.15) is 11.6 Å². The minimum absolute atomic E-state index is 0.0408. The van der Waals surface area contributed by atoms with Gasteiger partial charge in [-0.25, -0.2) is 0 Å². The monoisotopic (exact) mass is 533 g/mol. The third kappa shape index (κ3) is 3.95. The number of ether oxygens (including phenoxy) is 1. The molecule has 9 heteroatoms. The van der Waals surface area contributed by atoms with Crippen LogP contribution in [0.15, 0.2) is 30.3 Å². The van der Waals surface area contributed by atoms with E-state index in [1.807, 2.05) is 30.3 Å². The standard InChI is InChI=1S/C25H32BrN3O5/c26-17-13-25-19(18(20(17)34-25)22(31)27-14-15-7-3-1-4-8-15)24(33)29(11-12-30)21(25)23(32)28-16-9-5-2-6-10-16/h1,3-4,7-8,16-21,30H,2,5-6,9-14H2,(H,27,31)(H,28,32)/t17?,18-,19+,20-,21?,25?/m1/s1. The first-order valence-electron chi connectivity index (χ1n) is 12.3. The predicted molar refractivity (Wildman–Crippen MR) is 128 cm³/mol. The van der Waals surface area contributed by atoms with E-state index in [0.29, 0.717) is 13.0 Å². The van der Waals surface area contributed by atoms with Gasteiger partial charge in [0.2, 0.25) is 17.7 Å². The van der Waals surface area contributed by atoms with Crippen molar-refractivity contribution in [1.29, 1.82) is 0 Å². The van der Waals surface area contributed by atoms with Gasteiger partial charge >= 0.3 is 0 Å². The zero-order valence-electron chi connectivity index (χ0n) is 19.1. The van der Waals surface area contributed by atoms with E-state index in [1.54, 1.807) is 0 Å². The molecule has 34 heavy (non-hydrogen) atoms. The van der Waals surface area contributed by atoms with Gasteiger partial charge in [0, 0.05) is 24.0 Å². The summed E-state index contributed by atoms with van der Waals surface area (Å²) in [5.74, 6) is -2.18. The van der Waals surface area contributed by atoms with E-state index in [-0.39, 0.29) is 41.7 Å². The van der Waals surface area contributed by atoms with Gasteiger partial charge in [-0.15, -0.1) is 0 Å². The summed E-state index contributed by atoms with van der Waals surface area (Å²) in [6.07, 6.45) is 5.18. The van der Waals surface area contributed by atoms with Crippen molar-refractivity contribution in [2.24, 2.45) is 11.8 Å². The van der Waals surface area contributed by atoms with Gasteiger partial charge in [0.05, 0.1) is 24.5 Å². The number of aliphatic hydroxyl groups excluding tert-OH is 1. The number of benzene rings is 1. The van der Waals surface area contributed by atoms with Crippen LogP contribution in [-0.4, -0.2) is 69.5 Å². The molecule has 3 heterocycles. The van der Waals surface area contributed by atoms with E-state index in [0.717, 1.165) is 31.2 Å². The van der Waals surface area contributed by atoms with Crippen LogP contribution in [0.3, 0.4) is 0 Å². The number of nitrogens with one attached hydrogen (secondary N) is 2. The maximum Gasteiger partial charge on any atom is 0.246 e. The van der Waals surface area contributed by atoms with Crippen molar-refractivity contribution < 1.29 is 24.2 Å². The number of likely N-dealkylation sites (tertiary alicyclic amines) is 1. The van der Waals surface area contributed by atoms with Gasteiger partial charge in [0.25, 0.3) is 0 Å². The van der Waals surface area contributed by atoms with E-state index in [1.165, 1.54) is 11.3 Å². The number of carbonyl (C=O) groups is 3. The fraction of sp³-hybridized carbons (Fsp3) is 0.640. The van der Waals surface area contributed by atoms with Gasteiger partial charge in [-0.3, -0.25) is 14.4 Å². The average Bonchev–Trinajstić information content (AvgIpc) is 3.43. The van der Waals surface area contributed by atoms with E-state index in [9.17, 15) is 19.5 Å². The van der Waals surface area contributed by atoms with Crippen LogP contribution in [0.4, 0.5) is 0 Å². The largest absolute Gasteiger partial charge is 0.395 e. The van der Waals surface area contributed by atoms with Crippen molar-refractivity contribution in [1.82, 2.24) is 15.5 Å². The number of hydrogen-bond acceptors (Lipinski definition) is 5. The van der Waals surface area contributed by atoms with Crippen LogP contribution in [-0.2, 0) is 25.7 Å². The molecule has 0 radical (unpaired) electrons. The van der Waals surface area contributed by atoms with E-state index < -0.39 is 29.6 Å². The number of hydrogen-bond donors (Lipinski definition) is 3. The Kier molecular flexibility index (Phi) is 6.70. The average molecular weight is 534 g/mol. The zero-order chi connectivity index (χ0) is 23.9. The SMILES string of the molecule is O=C(NC1CCCCC1)C1N(CCO)C(=O)[C@@H]2[C@@H](C(=O)NCc3ccccc3)[C@@H]3OC12CC3Br. The fourth-order valence-electron chi connectivity index (χ4n) is 6.51. The molecule has 4 fully saturated rings. The molecule has 3 amide bonds. The molecular formula is C25H32BrN3O5. The molecule has 3 unspecified atom stereocenters. The molecule has 3 saturated heterocycles. The number of β-amino-alcohol motifs (C(OH)–C–C–N with tert-alkyl or cyclic N) is 1. The first-order chi connectivity index (χ1) is 16.5. The van der Waals surface area contributed by atoms with Crippen LogP contribution < -0.4 is 10.6 Å². The molecule has 8 nitrogen and oxygen atoms in total. The molecule has 1 saturated carbocycles. The zero-order valence-corrected chi connectivity index (χ0v) is 20.7. The molecule has 3 aliphatic heterocycles. The Morgan fingerprint density at radius 1 is 1.15 bits per heavy atom. The second-order valence-corrected chi connectivity index (χ2v) is 11.1. The number of alkyl halides is 1. The lowest BCUT2D eigenvalue weighted by Crippen LogP contribution is -2.57. The Bertz CT molecular complexity index is 940. The van der Waals surface area contributed by atoms with Crippen LogP contribution in [0.5, 0.6) is 0 Å². The predicted octanol–water partition coefficient (Wildman–Crippen LogP) is 1.49. The van der Waals surface area contributed by atoms with Gasteiger partial charge in [0.15, 0.2) is 0 Å². The van der Waals surface area contributed by atoms with E-state index >= 15 is 0 Å². The van der Waals surface area contributed by atoms with Crippen molar-refractivity contribution in [2.45, 2.75) is 73.7 Å². The molecular weight excluding hydrogens is 502 g/mol. The lowest BCUT2D eigenvalue weighted by atomic mass is 9.70. The highest BCUT2D eigenvalue weighted by atomic mass is 79.9. The Morgan fingerprint density at radius 2 is 1.88 bits per heavy atom. The summed E-state index contributed by atoms with van der Waals surface area (Å²) in [5.41, 5.74) is -0.104. The quantitative estimate of drug-likeness (QED) is 0.460. The first kappa shape index (κ1) is 23.8. The van der Waals surface area contributed by atoms with Crippen molar-refractivity contribution in [2.75, 3.05) is 13.2 Å². The molecule has 5 rings (SSSR count). The highest BCUT2D eigenvalue weighted by Gasteiger charge is 2.76. The molecule has 2 bridgehead atoms. The summed E-state index contributed by atoms with van der Waals surface area (Å²) in [6.45, 7) is 0.142. The van der Waals surface area contributed by atoms with Crippen molar-refractivity contribution in [3.63, 3.8) is 0 Å². The normalized spacial score (nSPS) is 34.8. The van der Waals surface area contributed by atoms with Crippen molar-refractivity contribution in [3.05, 3.63) is 35.9 Å². The van der Waals surface area contributed by atoms with Gasteiger partial charge in [-0.2, -0.15) is 0 Å². The maximum atomic E-state index is 13.6. The number of nitrogens with zero attached hydrogens (tertiary/aromatic N) is 1. The summed E-state index contributed by atoms with van der Waals surface area (Å²) >= 11 is 3.67. The second-order valence-electron chi connectivity index (χ2n) is 9.97. The van der Waals surface area contributed by atoms with Gasteiger partial charge in [-0.05, 0) is 24.8 Å². The Balaban J connectivity index is 1.40. The highest BCUT2D eigenvalue weighted by Crippen LogP contribution is 2.59. The fourth-order valence-corrected chi connectivity index (χ4v) is 7.45. The third-order valence-electron chi connectivity index (χ3n) is 7.94. The highest BCUT2D eigenvalue weighted by molar-refractivity contribution is 9.09. The van der Waals surface area contributed by atoms with Crippen LogP contribution in [0.2, 0.25) is 0 Å². The molecule has 0 aromatic heterocycles. The smallest absolute Gasteiger partial charge is 0.246 e. The summed E-state index contributed by atoms with van der Waals surface area (Å²) in [4.78, 5) is 41.9. The number of halogens is 1. The summed E-state index contributed by atoms with van der Waals surface area (Å²) in [6, 6.07) is 8.84. The molecule has 3 N–H and O–H groups in total. The lowest BCUT2D eigenvalue weighted by molar-refractivity contribution is -0.143. The molecule has 4 aliphatic rings. The molecule has 1 spiro atoms. The topological polar surface area (TPSA) is 108 Å². The van der Waals surface area contributed by atoms with Crippen LogP contribution >= 0.6 is 15.9 Å². The first-order valence-corrected chi connectivity index (χ1v) is 13.2. The van der Waals surface area contributed by atoms with E-state index in [2.05, 4.69) is 26.6 Å². The molecule has 184 valence electrons. The molecule has 1 aromatic carbocycles. The summed E-state index contributed by atoms with van der Waals surface area (Å²) < 4.78 is 6.44. The molecule has 1 aliphatic carbocycles. The minimum Gasteiger partial charge on any atom is -0.395 e. The number of fused-ring (bicyclic) bond motifs is 1. The molecule has 1 aromatic rings. The number of rotatable bonds is 7. The maximum absolute atomic E-state index is 13.6. The number of amides is 3. The second kappa shape index (κ2) is 9.59. The van der Waals surface area contributed by atoms with E-state index in [4.69, 9.17) is 4.74 Å². The summed E-state index contributed by atoms with van der Waals surface area (Å²) in [7, 11) is 0. The van der Waals surface area contributed by atoms with Crippen LogP contribution in [0.25, 0.3) is 0 Å². The van der Waals surface area contributed by atoms with Crippen molar-refractivity contribution >= 4 is 33.7 Å². The lowest BCUT2D eigenvalue weighted by Gasteiger charge is -2.35. The van der Waals surface area contributed by atoms with Gasteiger partial charge < -0.3 is 25.4 Å². The Morgan fingerprint density at radius 3 is 2.59 bits per heavy atom.